The summed E-state index contributed by atoms with van der Waals surface area (Å²) in [4.78, 5) is 11.5. The van der Waals surface area contributed by atoms with Gasteiger partial charge in [0.25, 0.3) is 0 Å². The van der Waals surface area contributed by atoms with Gasteiger partial charge < -0.3 is 20.5 Å². The summed E-state index contributed by atoms with van der Waals surface area (Å²) in [7, 11) is 1.65. The molecule has 0 aliphatic carbocycles. The monoisotopic (exact) mass is 266 g/mol. The maximum atomic E-state index is 11.5. The van der Waals surface area contributed by atoms with E-state index in [9.17, 15) is 4.79 Å². The highest BCUT2D eigenvalue weighted by Gasteiger charge is 2.02. The number of hydrogen-bond acceptors (Lipinski definition) is 3. The van der Waals surface area contributed by atoms with Crippen LogP contribution in [0.1, 0.15) is 24.5 Å². The largest absolute Gasteiger partial charge is 0.393 e. The van der Waals surface area contributed by atoms with E-state index < -0.39 is 6.10 Å². The van der Waals surface area contributed by atoms with Crippen molar-refractivity contribution in [3.05, 3.63) is 35.4 Å². The number of rotatable bonds is 7. The molecule has 0 aromatic heterocycles. The summed E-state index contributed by atoms with van der Waals surface area (Å²) in [6.45, 7) is 3.20. The van der Waals surface area contributed by atoms with Gasteiger partial charge in [-0.1, -0.05) is 24.3 Å². The molecule has 5 nitrogen and oxygen atoms in total. The molecule has 19 heavy (non-hydrogen) atoms. The molecule has 1 aromatic carbocycles. The fourth-order valence-corrected chi connectivity index (χ4v) is 1.64. The van der Waals surface area contributed by atoms with Gasteiger partial charge in [0.1, 0.15) is 0 Å². The highest BCUT2D eigenvalue weighted by atomic mass is 16.5. The summed E-state index contributed by atoms with van der Waals surface area (Å²) in [5, 5.41) is 14.5. The molecule has 0 saturated heterocycles. The number of aliphatic hydroxyl groups is 1. The smallest absolute Gasteiger partial charge is 0.315 e. The van der Waals surface area contributed by atoms with Crippen molar-refractivity contribution in [2.75, 3.05) is 13.7 Å². The third-order valence-corrected chi connectivity index (χ3v) is 2.60. The predicted molar refractivity (Wildman–Crippen MR) is 73.7 cm³/mol. The second-order valence-corrected chi connectivity index (χ2v) is 4.50. The molecule has 0 aliphatic rings. The van der Waals surface area contributed by atoms with Crippen LogP contribution in [0.15, 0.2) is 24.3 Å². The molecule has 0 spiro atoms. The Balaban J connectivity index is 2.31. The van der Waals surface area contributed by atoms with Crippen LogP contribution in [-0.4, -0.2) is 30.9 Å². The topological polar surface area (TPSA) is 70.6 Å². The maximum absolute atomic E-state index is 11.5. The zero-order valence-corrected chi connectivity index (χ0v) is 11.5. The highest BCUT2D eigenvalue weighted by molar-refractivity contribution is 5.73. The lowest BCUT2D eigenvalue weighted by atomic mass is 10.1. The van der Waals surface area contributed by atoms with E-state index in [-0.39, 0.29) is 6.03 Å². The van der Waals surface area contributed by atoms with Crippen molar-refractivity contribution >= 4 is 6.03 Å². The van der Waals surface area contributed by atoms with Crippen LogP contribution in [0, 0.1) is 0 Å². The van der Waals surface area contributed by atoms with Crippen LogP contribution in [-0.2, 0) is 17.9 Å². The van der Waals surface area contributed by atoms with Crippen molar-refractivity contribution in [2.24, 2.45) is 0 Å². The second kappa shape index (κ2) is 8.50. The number of benzene rings is 1. The molecule has 5 heteroatoms. The summed E-state index contributed by atoms with van der Waals surface area (Å²) < 4.78 is 5.06. The number of ether oxygens (including phenoxy) is 1. The lowest BCUT2D eigenvalue weighted by Gasteiger charge is -2.09. The number of amides is 2. The predicted octanol–water partition coefficient (Wildman–Crippen LogP) is 1.40. The molecule has 0 radical (unpaired) electrons. The Morgan fingerprint density at radius 1 is 1.37 bits per heavy atom. The van der Waals surface area contributed by atoms with Crippen LogP contribution in [0.2, 0.25) is 0 Å². The summed E-state index contributed by atoms with van der Waals surface area (Å²) in [6.07, 6.45) is 0.155. The molecule has 106 valence electrons. The SMILES string of the molecule is COCc1cccc(CNC(=O)NCCC(C)O)c1. The minimum atomic E-state index is -0.397. The van der Waals surface area contributed by atoms with Gasteiger partial charge in [-0.25, -0.2) is 4.79 Å². The zero-order chi connectivity index (χ0) is 14.1. The minimum Gasteiger partial charge on any atom is -0.393 e. The van der Waals surface area contributed by atoms with Gasteiger partial charge in [-0.05, 0) is 24.5 Å². The lowest BCUT2D eigenvalue weighted by molar-refractivity contribution is 0.183. The average Bonchev–Trinajstić information content (AvgIpc) is 2.37. The van der Waals surface area contributed by atoms with Crippen LogP contribution in [0.3, 0.4) is 0 Å². The normalized spacial score (nSPS) is 11.9. The third-order valence-electron chi connectivity index (χ3n) is 2.60. The number of carbonyl (C=O) groups is 1. The van der Waals surface area contributed by atoms with E-state index in [4.69, 9.17) is 9.84 Å². The van der Waals surface area contributed by atoms with Gasteiger partial charge >= 0.3 is 6.03 Å². The van der Waals surface area contributed by atoms with Crippen LogP contribution < -0.4 is 10.6 Å². The molecule has 1 rings (SSSR count). The molecule has 2 amide bonds. The van der Waals surface area contributed by atoms with Crippen molar-refractivity contribution in [1.82, 2.24) is 10.6 Å². The van der Waals surface area contributed by atoms with Gasteiger partial charge in [-0.3, -0.25) is 0 Å². The van der Waals surface area contributed by atoms with Gasteiger partial charge in [0.15, 0.2) is 0 Å². The number of methoxy groups -OCH3 is 1. The first kappa shape index (κ1) is 15.5. The van der Waals surface area contributed by atoms with Crippen molar-refractivity contribution in [3.8, 4) is 0 Å². The van der Waals surface area contributed by atoms with Gasteiger partial charge in [-0.2, -0.15) is 0 Å². The van der Waals surface area contributed by atoms with Crippen molar-refractivity contribution in [1.29, 1.82) is 0 Å². The van der Waals surface area contributed by atoms with E-state index in [0.29, 0.717) is 26.1 Å². The zero-order valence-electron chi connectivity index (χ0n) is 11.5. The van der Waals surface area contributed by atoms with E-state index >= 15 is 0 Å². The Kier molecular flexibility index (Phi) is 6.92. The molecule has 1 aromatic rings. The van der Waals surface area contributed by atoms with Crippen molar-refractivity contribution in [2.45, 2.75) is 32.6 Å². The van der Waals surface area contributed by atoms with Crippen LogP contribution in [0.4, 0.5) is 4.79 Å². The summed E-state index contributed by atoms with van der Waals surface area (Å²) in [6, 6.07) is 7.65. The molecule has 1 unspecified atom stereocenters. The minimum absolute atomic E-state index is 0.224. The quantitative estimate of drug-likeness (QED) is 0.698. The second-order valence-electron chi connectivity index (χ2n) is 4.50. The molecule has 1 atom stereocenters. The Hall–Kier alpha value is -1.59. The first-order chi connectivity index (χ1) is 9.11. The van der Waals surface area contributed by atoms with Crippen LogP contribution in [0.25, 0.3) is 0 Å². The first-order valence-corrected chi connectivity index (χ1v) is 6.38. The Bertz CT molecular complexity index is 394. The molecular weight excluding hydrogens is 244 g/mol. The summed E-state index contributed by atoms with van der Waals surface area (Å²) in [5.74, 6) is 0. The molecule has 0 fully saturated rings. The first-order valence-electron chi connectivity index (χ1n) is 6.38. The number of hydrogen-bond donors (Lipinski definition) is 3. The highest BCUT2D eigenvalue weighted by Crippen LogP contribution is 2.06. The molecular formula is C14H22N2O3. The fourth-order valence-electron chi connectivity index (χ4n) is 1.64. The van der Waals surface area contributed by atoms with Crippen LogP contribution >= 0.6 is 0 Å². The molecule has 0 aliphatic heterocycles. The lowest BCUT2D eigenvalue weighted by Crippen LogP contribution is -2.36. The molecule has 0 heterocycles. The Labute approximate surface area is 114 Å². The van der Waals surface area contributed by atoms with Crippen molar-refractivity contribution in [3.63, 3.8) is 0 Å². The molecule has 0 bridgehead atoms. The van der Waals surface area contributed by atoms with Crippen molar-refractivity contribution < 1.29 is 14.6 Å². The number of nitrogens with one attached hydrogen (secondary N) is 2. The number of aliphatic hydroxyl groups excluding tert-OH is 1. The summed E-state index contributed by atoms with van der Waals surface area (Å²) in [5.41, 5.74) is 2.11. The van der Waals surface area contributed by atoms with E-state index in [1.807, 2.05) is 24.3 Å². The van der Waals surface area contributed by atoms with Gasteiger partial charge in [0, 0.05) is 20.2 Å². The fraction of sp³-hybridized carbons (Fsp3) is 0.500. The van der Waals surface area contributed by atoms with Gasteiger partial charge in [0.2, 0.25) is 0 Å². The van der Waals surface area contributed by atoms with E-state index in [1.54, 1.807) is 14.0 Å². The number of carbonyl (C=O) groups excluding carboxylic acids is 1. The molecule has 3 N–H and O–H groups in total. The van der Waals surface area contributed by atoms with E-state index in [1.165, 1.54) is 0 Å². The van der Waals surface area contributed by atoms with Crippen LogP contribution in [0.5, 0.6) is 0 Å². The van der Waals surface area contributed by atoms with E-state index in [2.05, 4.69) is 10.6 Å². The third kappa shape index (κ3) is 6.79. The molecule has 0 saturated carbocycles. The standard InChI is InChI=1S/C14H22N2O3/c1-11(17)6-7-15-14(18)16-9-12-4-3-5-13(8-12)10-19-2/h3-5,8,11,17H,6-7,9-10H2,1-2H3,(H2,15,16,18). The Morgan fingerprint density at radius 3 is 2.79 bits per heavy atom. The number of urea groups is 1. The Morgan fingerprint density at radius 2 is 2.11 bits per heavy atom. The van der Waals surface area contributed by atoms with Gasteiger partial charge in [0.05, 0.1) is 12.7 Å². The van der Waals surface area contributed by atoms with Gasteiger partial charge in [-0.15, -0.1) is 0 Å². The summed E-state index contributed by atoms with van der Waals surface area (Å²) >= 11 is 0. The maximum Gasteiger partial charge on any atom is 0.315 e. The van der Waals surface area contributed by atoms with E-state index in [0.717, 1.165) is 11.1 Å². The average molecular weight is 266 g/mol.